The molecule has 0 saturated carbocycles. The van der Waals surface area contributed by atoms with Crippen molar-refractivity contribution in [3.05, 3.63) is 66.1 Å². The van der Waals surface area contributed by atoms with Crippen LogP contribution in [0.2, 0.25) is 0 Å². The minimum atomic E-state index is -0.625. The lowest BCUT2D eigenvalue weighted by molar-refractivity contribution is -0.136. The van der Waals surface area contributed by atoms with Gasteiger partial charge < -0.3 is 25.3 Å². The number of thiol groups is 1. The Morgan fingerprint density at radius 1 is 1.24 bits per heavy atom. The third-order valence-corrected chi connectivity index (χ3v) is 7.08. The highest BCUT2D eigenvalue weighted by Gasteiger charge is 2.38. The van der Waals surface area contributed by atoms with Gasteiger partial charge in [0.05, 0.1) is 24.9 Å². The molecule has 172 valence electrons. The highest BCUT2D eigenvalue weighted by atomic mass is 32.1. The lowest BCUT2D eigenvalue weighted by atomic mass is 9.92. The van der Waals surface area contributed by atoms with Gasteiger partial charge in [0.15, 0.2) is 0 Å². The number of amides is 1. The van der Waals surface area contributed by atoms with E-state index in [-0.39, 0.29) is 17.9 Å². The Bertz CT molecular complexity index is 1160. The smallest absolute Gasteiger partial charge is 0.241 e. The van der Waals surface area contributed by atoms with Crippen molar-refractivity contribution >= 4 is 24.2 Å². The summed E-state index contributed by atoms with van der Waals surface area (Å²) in [7, 11) is 1.67. The van der Waals surface area contributed by atoms with Gasteiger partial charge in [0, 0.05) is 48.8 Å². The van der Waals surface area contributed by atoms with E-state index in [1.165, 1.54) is 11.3 Å². The number of nitrogens with one attached hydrogen (secondary N) is 1. The number of methoxy groups -OCH3 is 1. The molecule has 0 radical (unpaired) electrons. The fraction of sp³-hybridized carbons (Fsp3) is 0.360. The number of nitrogens with two attached hydrogens (primary N) is 1. The minimum Gasteiger partial charge on any atom is -0.496 e. The Morgan fingerprint density at radius 2 is 2.03 bits per heavy atom. The molecule has 0 aliphatic carbocycles. The first kappa shape index (κ1) is 21.9. The van der Waals surface area contributed by atoms with Gasteiger partial charge in [0.2, 0.25) is 5.91 Å². The van der Waals surface area contributed by atoms with Gasteiger partial charge in [-0.2, -0.15) is 12.6 Å². The van der Waals surface area contributed by atoms with Crippen LogP contribution in [-0.2, 0) is 11.3 Å². The number of carbonyl (C=O) groups is 1. The van der Waals surface area contributed by atoms with E-state index >= 15 is 0 Å². The zero-order chi connectivity index (χ0) is 22.9. The third-order valence-electron chi connectivity index (χ3n) is 6.69. The number of hydrogen-bond acceptors (Lipinski definition) is 6. The van der Waals surface area contributed by atoms with Crippen LogP contribution in [0.15, 0.2) is 54.7 Å². The van der Waals surface area contributed by atoms with Crippen LogP contribution in [0.5, 0.6) is 5.75 Å². The predicted octanol–water partition coefficient (Wildman–Crippen LogP) is 3.30. The molecule has 3 atom stereocenters. The van der Waals surface area contributed by atoms with E-state index in [0.29, 0.717) is 18.8 Å². The lowest BCUT2D eigenvalue weighted by Gasteiger charge is -2.38. The molecule has 3 N–H and O–H groups in total. The largest absolute Gasteiger partial charge is 0.496 e. The summed E-state index contributed by atoms with van der Waals surface area (Å²) >= 11 is 4.27. The SMILES string of the molecule is COc1ccccc1-c1cn2c(n1)[C@H](CC1CNc3ccccc31)N(C(=O)[C@@H](N)CS)CC2. The summed E-state index contributed by atoms with van der Waals surface area (Å²) in [5, 5.41) is 3.50. The summed E-state index contributed by atoms with van der Waals surface area (Å²) in [5.74, 6) is 2.21. The number of benzene rings is 2. The Kier molecular flexibility index (Phi) is 6.03. The van der Waals surface area contributed by atoms with E-state index in [2.05, 4.69) is 46.9 Å². The molecule has 8 heteroatoms. The number of ether oxygens (including phenoxy) is 1. The van der Waals surface area contributed by atoms with Crippen molar-refractivity contribution in [2.45, 2.75) is 31.0 Å². The molecule has 3 heterocycles. The van der Waals surface area contributed by atoms with E-state index in [1.807, 2.05) is 35.2 Å². The number of aromatic nitrogens is 2. The molecular formula is C25H29N5O2S. The fourth-order valence-electron chi connectivity index (χ4n) is 5.00. The lowest BCUT2D eigenvalue weighted by Crippen LogP contribution is -2.50. The highest BCUT2D eigenvalue weighted by Crippen LogP contribution is 2.41. The Balaban J connectivity index is 1.53. The van der Waals surface area contributed by atoms with Crippen molar-refractivity contribution in [3.8, 4) is 17.0 Å². The monoisotopic (exact) mass is 463 g/mol. The number of nitrogens with zero attached hydrogens (tertiary/aromatic N) is 3. The predicted molar refractivity (Wildman–Crippen MR) is 133 cm³/mol. The second kappa shape index (κ2) is 9.11. The van der Waals surface area contributed by atoms with Crippen molar-refractivity contribution in [2.24, 2.45) is 5.73 Å². The zero-order valence-electron chi connectivity index (χ0n) is 18.6. The van der Waals surface area contributed by atoms with Crippen molar-refractivity contribution in [1.82, 2.24) is 14.5 Å². The summed E-state index contributed by atoms with van der Waals surface area (Å²) < 4.78 is 7.74. The number of fused-ring (bicyclic) bond motifs is 2. The first-order chi connectivity index (χ1) is 16.1. The van der Waals surface area contributed by atoms with E-state index in [1.54, 1.807) is 7.11 Å². The van der Waals surface area contributed by atoms with E-state index in [9.17, 15) is 4.79 Å². The van der Waals surface area contributed by atoms with E-state index < -0.39 is 6.04 Å². The summed E-state index contributed by atoms with van der Waals surface area (Å²) in [5.41, 5.74) is 10.4. The second-order valence-corrected chi connectivity index (χ2v) is 8.98. The number of rotatable bonds is 6. The molecule has 3 aromatic rings. The van der Waals surface area contributed by atoms with Crippen LogP contribution in [0, 0.1) is 0 Å². The molecule has 2 aromatic carbocycles. The molecule has 0 saturated heterocycles. The van der Waals surface area contributed by atoms with Gasteiger partial charge in [-0.3, -0.25) is 4.79 Å². The molecule has 2 aliphatic heterocycles. The number of anilines is 1. The summed E-state index contributed by atoms with van der Waals surface area (Å²) in [6.45, 7) is 2.12. The van der Waals surface area contributed by atoms with Crippen LogP contribution >= 0.6 is 12.6 Å². The molecule has 0 bridgehead atoms. The van der Waals surface area contributed by atoms with Gasteiger partial charge in [-0.25, -0.2) is 4.98 Å². The average Bonchev–Trinajstić information content (AvgIpc) is 3.48. The average molecular weight is 464 g/mol. The number of para-hydroxylation sites is 2. The topological polar surface area (TPSA) is 85.4 Å². The van der Waals surface area contributed by atoms with Crippen molar-refractivity contribution < 1.29 is 9.53 Å². The van der Waals surface area contributed by atoms with Gasteiger partial charge in [-0.05, 0) is 30.2 Å². The van der Waals surface area contributed by atoms with Gasteiger partial charge >= 0.3 is 0 Å². The maximum Gasteiger partial charge on any atom is 0.241 e. The number of hydrogen-bond donors (Lipinski definition) is 3. The van der Waals surface area contributed by atoms with E-state index in [0.717, 1.165) is 35.8 Å². The third kappa shape index (κ3) is 3.98. The molecule has 2 aliphatic rings. The molecular weight excluding hydrogens is 434 g/mol. The highest BCUT2D eigenvalue weighted by molar-refractivity contribution is 7.80. The first-order valence-corrected chi connectivity index (χ1v) is 11.9. The maximum absolute atomic E-state index is 13.2. The molecule has 33 heavy (non-hydrogen) atoms. The number of imidazole rings is 1. The molecule has 1 aromatic heterocycles. The molecule has 5 rings (SSSR count). The molecule has 7 nitrogen and oxygen atoms in total. The molecule has 1 unspecified atom stereocenters. The van der Waals surface area contributed by atoms with Gasteiger partial charge in [-0.1, -0.05) is 30.3 Å². The van der Waals surface area contributed by atoms with Crippen molar-refractivity contribution in [3.63, 3.8) is 0 Å². The number of carbonyl (C=O) groups excluding carboxylic acids is 1. The maximum atomic E-state index is 13.2. The quantitative estimate of drug-likeness (QED) is 0.489. The molecule has 1 amide bonds. The minimum absolute atomic E-state index is 0.0673. The zero-order valence-corrected chi connectivity index (χ0v) is 19.5. The first-order valence-electron chi connectivity index (χ1n) is 11.3. The fourth-order valence-corrected chi connectivity index (χ4v) is 5.15. The Labute approximate surface area is 199 Å². The molecule has 0 spiro atoms. The Morgan fingerprint density at radius 3 is 2.85 bits per heavy atom. The summed E-state index contributed by atoms with van der Waals surface area (Å²) in [4.78, 5) is 20.2. The van der Waals surface area contributed by atoms with Crippen molar-refractivity contribution in [2.75, 3.05) is 31.3 Å². The van der Waals surface area contributed by atoms with Crippen LogP contribution in [0.1, 0.15) is 29.8 Å². The van der Waals surface area contributed by atoms with Gasteiger partial charge in [0.1, 0.15) is 11.6 Å². The van der Waals surface area contributed by atoms with Crippen LogP contribution < -0.4 is 15.8 Å². The van der Waals surface area contributed by atoms with Crippen LogP contribution in [0.4, 0.5) is 5.69 Å². The van der Waals surface area contributed by atoms with Crippen LogP contribution in [-0.4, -0.2) is 52.4 Å². The summed E-state index contributed by atoms with van der Waals surface area (Å²) in [6.07, 6.45) is 2.85. The summed E-state index contributed by atoms with van der Waals surface area (Å²) in [6, 6.07) is 15.5. The second-order valence-electron chi connectivity index (χ2n) is 8.62. The van der Waals surface area contributed by atoms with Crippen LogP contribution in [0.25, 0.3) is 11.3 Å². The van der Waals surface area contributed by atoms with Gasteiger partial charge in [0.25, 0.3) is 0 Å². The normalized spacial score (nSPS) is 20.0. The van der Waals surface area contributed by atoms with Gasteiger partial charge in [-0.15, -0.1) is 0 Å². The van der Waals surface area contributed by atoms with Crippen molar-refractivity contribution in [1.29, 1.82) is 0 Å². The van der Waals surface area contributed by atoms with E-state index in [4.69, 9.17) is 15.5 Å². The van der Waals surface area contributed by atoms with Crippen LogP contribution in [0.3, 0.4) is 0 Å². The molecule has 0 fully saturated rings. The standard InChI is InChI=1S/C25H29N5O2S/c1-32-23-9-5-3-7-18(23)21-14-29-10-11-30(25(31)19(26)15-33)22(24(29)28-21)12-16-13-27-20-8-4-2-6-17(16)20/h2-9,14,16,19,22,27,33H,10-13,15,26H2,1H3/t16?,19-,22-/m0/s1. The Hall–Kier alpha value is -2.97.